The topological polar surface area (TPSA) is 107 Å². The Hall–Kier alpha value is -1.96. The van der Waals surface area contributed by atoms with E-state index in [0.717, 1.165) is 6.20 Å². The van der Waals surface area contributed by atoms with Gasteiger partial charge in [0.1, 0.15) is 22.2 Å². The average molecular weight is 278 g/mol. The summed E-state index contributed by atoms with van der Waals surface area (Å²) in [5.74, 6) is 0. The molecule has 0 unspecified atom stereocenters. The van der Waals surface area contributed by atoms with Crippen LogP contribution in [0.3, 0.4) is 0 Å². The van der Waals surface area contributed by atoms with Gasteiger partial charge >= 0.3 is 0 Å². The zero-order valence-electron chi connectivity index (χ0n) is 10.7. The van der Waals surface area contributed by atoms with Crippen LogP contribution in [-0.4, -0.2) is 18.9 Å². The van der Waals surface area contributed by atoms with E-state index >= 15 is 0 Å². The van der Waals surface area contributed by atoms with Crippen molar-refractivity contribution >= 4 is 10.0 Å². The van der Waals surface area contributed by atoms with E-state index in [1.807, 2.05) is 12.1 Å². The van der Waals surface area contributed by atoms with Crippen LogP contribution in [0.25, 0.3) is 0 Å². The Morgan fingerprint density at radius 2 is 1.95 bits per heavy atom. The lowest BCUT2D eigenvalue weighted by atomic mass is 9.97. The van der Waals surface area contributed by atoms with E-state index in [-0.39, 0.29) is 10.6 Å². The van der Waals surface area contributed by atoms with Crippen molar-refractivity contribution in [2.24, 2.45) is 0 Å². The van der Waals surface area contributed by atoms with Crippen molar-refractivity contribution in [3.63, 3.8) is 0 Å². The fourth-order valence-electron chi connectivity index (χ4n) is 1.50. The number of rotatable bonds is 5. The van der Waals surface area contributed by atoms with E-state index in [1.54, 1.807) is 13.8 Å². The summed E-state index contributed by atoms with van der Waals surface area (Å²) in [5.41, 5.74) is -0.983. The van der Waals surface area contributed by atoms with Crippen molar-refractivity contribution in [1.82, 2.24) is 9.71 Å². The fourth-order valence-corrected chi connectivity index (χ4v) is 2.90. The first-order valence-corrected chi connectivity index (χ1v) is 7.22. The van der Waals surface area contributed by atoms with Gasteiger partial charge in [0.15, 0.2) is 0 Å². The summed E-state index contributed by atoms with van der Waals surface area (Å²) in [4.78, 5) is 3.65. The zero-order chi connectivity index (χ0) is 14.5. The molecule has 19 heavy (non-hydrogen) atoms. The van der Waals surface area contributed by atoms with E-state index in [9.17, 15) is 8.42 Å². The molecule has 1 N–H and O–H groups in total. The van der Waals surface area contributed by atoms with Gasteiger partial charge in [-0.05, 0) is 25.0 Å². The molecule has 0 aliphatic heterocycles. The molecule has 6 nitrogen and oxygen atoms in total. The standard InChI is InChI=1S/C12H14N4O2S/c1-3-12(4-2,9-14)16-19(17,18)11-6-5-10(7-13)15-8-11/h5-6,8,16H,3-4H2,1-2H3. The lowest BCUT2D eigenvalue weighted by Gasteiger charge is -2.24. The summed E-state index contributed by atoms with van der Waals surface area (Å²) < 4.78 is 26.7. The third-order valence-electron chi connectivity index (χ3n) is 2.91. The number of sulfonamides is 1. The van der Waals surface area contributed by atoms with Gasteiger partial charge in [0, 0.05) is 6.20 Å². The lowest BCUT2D eigenvalue weighted by Crippen LogP contribution is -2.46. The quantitative estimate of drug-likeness (QED) is 0.874. The van der Waals surface area contributed by atoms with Gasteiger partial charge in [-0.2, -0.15) is 15.2 Å². The Balaban J connectivity index is 3.11. The molecule has 0 bridgehead atoms. The number of nitriles is 2. The Labute approximate surface area is 112 Å². The maximum Gasteiger partial charge on any atom is 0.243 e. The summed E-state index contributed by atoms with van der Waals surface area (Å²) in [6, 6.07) is 6.42. The Kier molecular flexibility index (Phi) is 4.60. The molecule has 1 aromatic rings. The van der Waals surface area contributed by atoms with Crippen molar-refractivity contribution in [2.75, 3.05) is 0 Å². The molecule has 1 aromatic heterocycles. The maximum atomic E-state index is 12.1. The molecule has 0 atom stereocenters. The van der Waals surface area contributed by atoms with E-state index < -0.39 is 15.6 Å². The van der Waals surface area contributed by atoms with Crippen LogP contribution in [0.1, 0.15) is 32.4 Å². The second kappa shape index (κ2) is 5.79. The molecule has 7 heteroatoms. The zero-order valence-corrected chi connectivity index (χ0v) is 11.5. The van der Waals surface area contributed by atoms with Crippen LogP contribution in [-0.2, 0) is 10.0 Å². The highest BCUT2D eigenvalue weighted by molar-refractivity contribution is 7.89. The minimum Gasteiger partial charge on any atom is -0.244 e. The summed E-state index contributed by atoms with van der Waals surface area (Å²) >= 11 is 0. The Morgan fingerprint density at radius 3 is 2.32 bits per heavy atom. The molecule has 1 heterocycles. The summed E-state index contributed by atoms with van der Waals surface area (Å²) in [6.07, 6.45) is 1.83. The second-order valence-corrected chi connectivity index (χ2v) is 5.68. The molecule has 0 aliphatic rings. The molecular formula is C12H14N4O2S. The number of pyridine rings is 1. The first kappa shape index (κ1) is 15.1. The predicted octanol–water partition coefficient (Wildman–Crippen LogP) is 1.31. The lowest BCUT2D eigenvalue weighted by molar-refractivity contribution is 0.446. The van der Waals surface area contributed by atoms with Crippen LogP contribution in [0.4, 0.5) is 0 Å². The average Bonchev–Trinajstić information content (AvgIpc) is 2.45. The minimum atomic E-state index is -3.82. The highest BCUT2D eigenvalue weighted by Gasteiger charge is 2.32. The summed E-state index contributed by atoms with van der Waals surface area (Å²) in [7, 11) is -3.82. The van der Waals surface area contributed by atoms with E-state index in [1.165, 1.54) is 12.1 Å². The third kappa shape index (κ3) is 3.28. The number of nitrogens with zero attached hydrogens (tertiary/aromatic N) is 3. The van der Waals surface area contributed by atoms with Gasteiger partial charge in [0.2, 0.25) is 10.0 Å². The van der Waals surface area contributed by atoms with Crippen LogP contribution in [0.2, 0.25) is 0 Å². The molecule has 0 radical (unpaired) electrons. The van der Waals surface area contributed by atoms with Crippen molar-refractivity contribution in [3.05, 3.63) is 24.0 Å². The highest BCUT2D eigenvalue weighted by Crippen LogP contribution is 2.18. The molecule has 1 rings (SSSR count). The van der Waals surface area contributed by atoms with Crippen molar-refractivity contribution in [1.29, 1.82) is 10.5 Å². The van der Waals surface area contributed by atoms with Crippen LogP contribution in [0.15, 0.2) is 23.2 Å². The van der Waals surface area contributed by atoms with Crippen molar-refractivity contribution in [3.8, 4) is 12.1 Å². The van der Waals surface area contributed by atoms with Gasteiger partial charge in [-0.1, -0.05) is 13.8 Å². The predicted molar refractivity (Wildman–Crippen MR) is 68.2 cm³/mol. The number of aromatic nitrogens is 1. The van der Waals surface area contributed by atoms with Crippen LogP contribution < -0.4 is 4.72 Å². The Morgan fingerprint density at radius 1 is 1.32 bits per heavy atom. The number of hydrogen-bond donors (Lipinski definition) is 1. The first-order chi connectivity index (χ1) is 8.93. The van der Waals surface area contributed by atoms with Gasteiger partial charge in [-0.3, -0.25) is 0 Å². The van der Waals surface area contributed by atoms with Gasteiger partial charge in [-0.15, -0.1) is 0 Å². The fraction of sp³-hybridized carbons (Fsp3) is 0.417. The van der Waals surface area contributed by atoms with Gasteiger partial charge in [-0.25, -0.2) is 13.4 Å². The highest BCUT2D eigenvalue weighted by atomic mass is 32.2. The van der Waals surface area contributed by atoms with Crippen molar-refractivity contribution < 1.29 is 8.42 Å². The number of hydrogen-bond acceptors (Lipinski definition) is 5. The van der Waals surface area contributed by atoms with Gasteiger partial charge in [0.05, 0.1) is 6.07 Å². The molecule has 100 valence electrons. The number of nitrogens with one attached hydrogen (secondary N) is 1. The molecule has 0 saturated carbocycles. The van der Waals surface area contributed by atoms with E-state index in [0.29, 0.717) is 12.8 Å². The SMILES string of the molecule is CCC(C#N)(CC)NS(=O)(=O)c1ccc(C#N)nc1. The van der Waals surface area contributed by atoms with Crippen LogP contribution in [0, 0.1) is 22.7 Å². The van der Waals surface area contributed by atoms with Crippen molar-refractivity contribution in [2.45, 2.75) is 37.1 Å². The second-order valence-electron chi connectivity index (χ2n) is 4.00. The maximum absolute atomic E-state index is 12.1. The molecule has 0 fully saturated rings. The van der Waals surface area contributed by atoms with E-state index in [2.05, 4.69) is 9.71 Å². The first-order valence-electron chi connectivity index (χ1n) is 5.74. The van der Waals surface area contributed by atoms with Gasteiger partial charge < -0.3 is 0 Å². The normalized spacial score (nSPS) is 11.6. The molecule has 0 saturated heterocycles. The van der Waals surface area contributed by atoms with Crippen LogP contribution >= 0.6 is 0 Å². The van der Waals surface area contributed by atoms with Gasteiger partial charge in [0.25, 0.3) is 0 Å². The molecular weight excluding hydrogens is 264 g/mol. The molecule has 0 spiro atoms. The third-order valence-corrected chi connectivity index (χ3v) is 4.43. The molecule has 0 aliphatic carbocycles. The van der Waals surface area contributed by atoms with E-state index in [4.69, 9.17) is 10.5 Å². The molecule has 0 amide bonds. The Bertz CT molecular complexity index is 619. The largest absolute Gasteiger partial charge is 0.244 e. The monoisotopic (exact) mass is 278 g/mol. The van der Waals surface area contributed by atoms with Crippen LogP contribution in [0.5, 0.6) is 0 Å². The smallest absolute Gasteiger partial charge is 0.243 e. The molecule has 0 aromatic carbocycles. The summed E-state index contributed by atoms with van der Waals surface area (Å²) in [6.45, 7) is 3.48. The minimum absolute atomic E-state index is 0.0620. The summed E-state index contributed by atoms with van der Waals surface area (Å²) in [5, 5.41) is 17.7.